The Bertz CT molecular complexity index is 631. The lowest BCUT2D eigenvalue weighted by molar-refractivity contribution is -0.128. The van der Waals surface area contributed by atoms with Crippen molar-refractivity contribution < 1.29 is 18.0 Å². The van der Waals surface area contributed by atoms with Crippen LogP contribution in [0.25, 0.3) is 0 Å². The molecule has 1 heterocycles. The number of primary amides is 1. The van der Waals surface area contributed by atoms with Crippen LogP contribution >= 0.6 is 0 Å². The molecule has 2 amide bonds. The summed E-state index contributed by atoms with van der Waals surface area (Å²) in [4.78, 5) is 25.3. The zero-order valence-corrected chi connectivity index (χ0v) is 12.9. The molecule has 1 unspecified atom stereocenters. The topological polar surface area (TPSA) is 110 Å². The van der Waals surface area contributed by atoms with Gasteiger partial charge in [0.2, 0.25) is 11.8 Å². The molecule has 1 atom stereocenters. The van der Waals surface area contributed by atoms with Crippen molar-refractivity contribution in [3.8, 4) is 0 Å². The molecule has 0 aromatic heterocycles. The number of rotatable bonds is 5. The maximum atomic E-state index is 12.1. The third-order valence-electron chi connectivity index (χ3n) is 3.53. The van der Waals surface area contributed by atoms with Gasteiger partial charge in [0.25, 0.3) is 0 Å². The molecule has 0 saturated carbocycles. The van der Waals surface area contributed by atoms with Gasteiger partial charge in [-0.3, -0.25) is 14.5 Å². The van der Waals surface area contributed by atoms with E-state index in [0.717, 1.165) is 0 Å². The molecule has 0 bridgehead atoms. The number of carbonyl (C=O) groups is 2. The second-order valence-electron chi connectivity index (χ2n) is 5.24. The minimum Gasteiger partial charge on any atom is -0.368 e. The second-order valence-corrected chi connectivity index (χ2v) is 7.55. The van der Waals surface area contributed by atoms with Crippen LogP contribution in [0.5, 0.6) is 0 Å². The molecule has 1 aliphatic rings. The minimum atomic E-state index is -2.98. The van der Waals surface area contributed by atoms with E-state index in [1.54, 1.807) is 35.2 Å². The molecular weight excluding hydrogens is 306 g/mol. The van der Waals surface area contributed by atoms with Gasteiger partial charge in [-0.2, -0.15) is 0 Å². The lowest BCUT2D eigenvalue weighted by atomic mass is 10.1. The van der Waals surface area contributed by atoms with E-state index < -0.39 is 21.8 Å². The average Bonchev–Trinajstić information content (AvgIpc) is 2.48. The number of nitrogens with two attached hydrogens (primary N) is 1. The van der Waals surface area contributed by atoms with Gasteiger partial charge in [-0.25, -0.2) is 8.42 Å². The predicted molar refractivity (Wildman–Crippen MR) is 81.6 cm³/mol. The summed E-state index contributed by atoms with van der Waals surface area (Å²) >= 11 is 0. The first-order valence-corrected chi connectivity index (χ1v) is 8.76. The first-order chi connectivity index (χ1) is 10.4. The molecule has 120 valence electrons. The molecule has 0 aliphatic carbocycles. The number of hydrogen-bond acceptors (Lipinski definition) is 5. The first-order valence-electron chi connectivity index (χ1n) is 6.94. The summed E-state index contributed by atoms with van der Waals surface area (Å²) in [5.74, 6) is -0.885. The molecule has 8 heteroatoms. The van der Waals surface area contributed by atoms with Crippen LogP contribution in [0.15, 0.2) is 30.3 Å². The third kappa shape index (κ3) is 4.54. The number of benzene rings is 1. The Morgan fingerprint density at radius 1 is 1.18 bits per heavy atom. The Morgan fingerprint density at radius 3 is 2.32 bits per heavy atom. The Labute approximate surface area is 129 Å². The summed E-state index contributed by atoms with van der Waals surface area (Å²) in [5.41, 5.74) is 5.95. The molecular formula is C14H19N3O4S. The molecule has 1 fully saturated rings. The van der Waals surface area contributed by atoms with Gasteiger partial charge in [0, 0.05) is 13.1 Å². The van der Waals surface area contributed by atoms with Gasteiger partial charge in [0.1, 0.15) is 6.04 Å². The zero-order chi connectivity index (χ0) is 16.2. The van der Waals surface area contributed by atoms with Crippen LogP contribution in [-0.2, 0) is 19.4 Å². The number of nitrogens with one attached hydrogen (secondary N) is 1. The smallest absolute Gasteiger partial charge is 0.244 e. The van der Waals surface area contributed by atoms with Crippen LogP contribution in [0.2, 0.25) is 0 Å². The van der Waals surface area contributed by atoms with Gasteiger partial charge in [-0.15, -0.1) is 0 Å². The number of nitrogens with zero attached hydrogens (tertiary/aromatic N) is 1. The van der Waals surface area contributed by atoms with Crippen molar-refractivity contribution in [3.05, 3.63) is 35.9 Å². The highest BCUT2D eigenvalue weighted by Gasteiger charge is 2.25. The Balaban J connectivity index is 1.94. The zero-order valence-electron chi connectivity index (χ0n) is 12.1. The van der Waals surface area contributed by atoms with Gasteiger partial charge in [-0.1, -0.05) is 30.3 Å². The fraction of sp³-hybridized carbons (Fsp3) is 0.429. The molecule has 7 nitrogen and oxygen atoms in total. The maximum Gasteiger partial charge on any atom is 0.244 e. The molecule has 1 aromatic carbocycles. The number of carbonyl (C=O) groups excluding carboxylic acids is 2. The van der Waals surface area contributed by atoms with Gasteiger partial charge in [0.05, 0.1) is 18.1 Å². The first kappa shape index (κ1) is 16.4. The van der Waals surface area contributed by atoms with Crippen molar-refractivity contribution in [2.75, 3.05) is 31.1 Å². The van der Waals surface area contributed by atoms with E-state index in [0.29, 0.717) is 18.7 Å². The van der Waals surface area contributed by atoms with Crippen molar-refractivity contribution in [3.63, 3.8) is 0 Å². The van der Waals surface area contributed by atoms with Crippen LogP contribution in [-0.4, -0.2) is 56.3 Å². The summed E-state index contributed by atoms with van der Waals surface area (Å²) in [6.07, 6.45) is 0. The molecule has 1 aromatic rings. The molecule has 2 rings (SSSR count). The summed E-state index contributed by atoms with van der Waals surface area (Å²) in [6, 6.07) is 7.85. The molecule has 1 saturated heterocycles. The monoisotopic (exact) mass is 325 g/mol. The molecule has 22 heavy (non-hydrogen) atoms. The third-order valence-corrected chi connectivity index (χ3v) is 5.14. The Hall–Kier alpha value is -1.93. The summed E-state index contributed by atoms with van der Waals surface area (Å²) in [6.45, 7) is 0.691. The van der Waals surface area contributed by atoms with E-state index in [2.05, 4.69) is 5.32 Å². The van der Waals surface area contributed by atoms with Crippen LogP contribution in [0, 0.1) is 0 Å². The van der Waals surface area contributed by atoms with Gasteiger partial charge in [0.15, 0.2) is 9.84 Å². The van der Waals surface area contributed by atoms with Crippen LogP contribution in [0.1, 0.15) is 11.6 Å². The van der Waals surface area contributed by atoms with Gasteiger partial charge >= 0.3 is 0 Å². The number of sulfone groups is 1. The highest BCUT2D eigenvalue weighted by atomic mass is 32.2. The van der Waals surface area contributed by atoms with Crippen LogP contribution in [0.3, 0.4) is 0 Å². The van der Waals surface area contributed by atoms with Gasteiger partial charge in [-0.05, 0) is 5.56 Å². The van der Waals surface area contributed by atoms with Crippen LogP contribution < -0.4 is 11.1 Å². The fourth-order valence-corrected chi connectivity index (χ4v) is 3.56. The Kier molecular flexibility index (Phi) is 5.15. The van der Waals surface area contributed by atoms with E-state index in [1.165, 1.54) is 0 Å². The normalized spacial score (nSPS) is 19.3. The van der Waals surface area contributed by atoms with Crippen LogP contribution in [0.4, 0.5) is 0 Å². The van der Waals surface area contributed by atoms with Crippen molar-refractivity contribution in [1.29, 1.82) is 0 Å². The quantitative estimate of drug-likeness (QED) is 0.726. The van der Waals surface area contributed by atoms with E-state index in [1.807, 2.05) is 0 Å². The van der Waals surface area contributed by atoms with Crippen molar-refractivity contribution >= 4 is 21.7 Å². The predicted octanol–water partition coefficient (Wildman–Crippen LogP) is -0.940. The molecule has 0 radical (unpaired) electrons. The second kappa shape index (κ2) is 6.89. The summed E-state index contributed by atoms with van der Waals surface area (Å²) in [5, 5.41) is 2.60. The van der Waals surface area contributed by atoms with E-state index in [4.69, 9.17) is 5.73 Å². The van der Waals surface area contributed by atoms with E-state index in [9.17, 15) is 18.0 Å². The highest BCUT2D eigenvalue weighted by Crippen LogP contribution is 2.12. The standard InChI is InChI=1S/C14H19N3O4S/c15-14(19)13(11-4-2-1-3-5-11)16-12(18)10-17-6-8-22(20,21)9-7-17/h1-5,13H,6-10H2,(H2,15,19)(H,16,18). The molecule has 3 N–H and O–H groups in total. The largest absolute Gasteiger partial charge is 0.368 e. The van der Waals surface area contributed by atoms with E-state index >= 15 is 0 Å². The fourth-order valence-electron chi connectivity index (χ4n) is 2.28. The average molecular weight is 325 g/mol. The van der Waals surface area contributed by atoms with E-state index in [-0.39, 0.29) is 24.0 Å². The van der Waals surface area contributed by atoms with Crippen molar-refractivity contribution in [2.45, 2.75) is 6.04 Å². The minimum absolute atomic E-state index is 0.0478. The van der Waals surface area contributed by atoms with Crippen molar-refractivity contribution in [1.82, 2.24) is 10.2 Å². The van der Waals surface area contributed by atoms with Crippen molar-refractivity contribution in [2.24, 2.45) is 5.73 Å². The maximum absolute atomic E-state index is 12.1. The summed E-state index contributed by atoms with van der Waals surface area (Å²) < 4.78 is 22.7. The molecule has 1 aliphatic heterocycles. The molecule has 0 spiro atoms. The lowest BCUT2D eigenvalue weighted by Crippen LogP contribution is -2.47. The SMILES string of the molecule is NC(=O)C(NC(=O)CN1CCS(=O)(=O)CC1)c1ccccc1. The highest BCUT2D eigenvalue weighted by molar-refractivity contribution is 7.91. The number of hydrogen-bond donors (Lipinski definition) is 2. The summed E-state index contributed by atoms with van der Waals surface area (Å²) in [7, 11) is -2.98. The Morgan fingerprint density at radius 2 is 1.77 bits per heavy atom. The van der Waals surface area contributed by atoms with Gasteiger partial charge < -0.3 is 11.1 Å². The number of amides is 2. The lowest BCUT2D eigenvalue weighted by Gasteiger charge is -2.26.